The largest absolute Gasteiger partial charge is 0.487 e. The van der Waals surface area contributed by atoms with Crippen LogP contribution in [-0.2, 0) is 20.3 Å². The zero-order chi connectivity index (χ0) is 21.9. The van der Waals surface area contributed by atoms with E-state index >= 15 is 0 Å². The molecule has 0 spiro atoms. The molecule has 0 aliphatic heterocycles. The van der Waals surface area contributed by atoms with E-state index in [9.17, 15) is 4.39 Å². The average Bonchev–Trinajstić information content (AvgIpc) is 3.24. The molecule has 6 heteroatoms. The monoisotopic (exact) mass is 423 g/mol. The van der Waals surface area contributed by atoms with E-state index < -0.39 is 6.67 Å². The van der Waals surface area contributed by atoms with Gasteiger partial charge < -0.3 is 4.74 Å². The molecule has 3 heterocycles. The molecule has 2 aromatic carbocycles. The van der Waals surface area contributed by atoms with E-state index in [0.29, 0.717) is 17.0 Å². The van der Waals surface area contributed by atoms with E-state index in [1.54, 1.807) is 18.5 Å². The molecule has 0 amide bonds. The molecule has 0 saturated heterocycles. The first kappa shape index (κ1) is 19.9. The van der Waals surface area contributed by atoms with E-state index in [2.05, 4.69) is 15.1 Å². The Morgan fingerprint density at radius 2 is 1.72 bits per heavy atom. The van der Waals surface area contributed by atoms with Gasteiger partial charge in [-0.05, 0) is 59.7 Å². The molecule has 0 unspecified atom stereocenters. The summed E-state index contributed by atoms with van der Waals surface area (Å²) in [6.45, 7) is -0.266. The molecule has 0 aliphatic carbocycles. The maximum absolute atomic E-state index is 13.5. The highest BCUT2D eigenvalue weighted by Crippen LogP contribution is 2.31. The van der Waals surface area contributed by atoms with Crippen LogP contribution in [0.1, 0.15) is 11.3 Å². The van der Waals surface area contributed by atoms with E-state index in [-0.39, 0.29) is 6.61 Å². The molecular formula is C26H21FN4O. The summed E-state index contributed by atoms with van der Waals surface area (Å²) in [7, 11) is 1.91. The summed E-state index contributed by atoms with van der Waals surface area (Å²) in [5, 5.41) is 5.48. The van der Waals surface area contributed by atoms with Crippen LogP contribution in [0.3, 0.4) is 0 Å². The summed E-state index contributed by atoms with van der Waals surface area (Å²) < 4.78 is 21.2. The molecule has 0 bridgehead atoms. The summed E-state index contributed by atoms with van der Waals surface area (Å²) in [6.07, 6.45) is 5.55. The van der Waals surface area contributed by atoms with Crippen molar-refractivity contribution in [3.8, 4) is 28.1 Å². The highest BCUT2D eigenvalue weighted by Gasteiger charge is 2.12. The summed E-state index contributed by atoms with van der Waals surface area (Å²) in [6, 6.07) is 21.1. The molecule has 0 aliphatic rings. The van der Waals surface area contributed by atoms with E-state index in [4.69, 9.17) is 4.74 Å². The van der Waals surface area contributed by atoms with Crippen LogP contribution in [0.2, 0.25) is 0 Å². The number of benzene rings is 2. The number of halogens is 1. The molecule has 0 radical (unpaired) electrons. The van der Waals surface area contributed by atoms with Crippen LogP contribution in [0.25, 0.3) is 33.3 Å². The summed E-state index contributed by atoms with van der Waals surface area (Å²) in [5.41, 5.74) is 6.10. The van der Waals surface area contributed by atoms with Gasteiger partial charge in [-0.15, -0.1) is 0 Å². The molecule has 32 heavy (non-hydrogen) atoms. The van der Waals surface area contributed by atoms with Crippen molar-refractivity contribution in [2.24, 2.45) is 7.05 Å². The number of rotatable bonds is 6. The van der Waals surface area contributed by atoms with Gasteiger partial charge in [-0.2, -0.15) is 5.10 Å². The Balaban J connectivity index is 1.36. The first-order valence-corrected chi connectivity index (χ1v) is 10.3. The Morgan fingerprint density at radius 1 is 0.938 bits per heavy atom. The van der Waals surface area contributed by atoms with Crippen molar-refractivity contribution in [3.05, 3.63) is 96.6 Å². The van der Waals surface area contributed by atoms with Crippen molar-refractivity contribution in [1.29, 1.82) is 0 Å². The van der Waals surface area contributed by atoms with Crippen LogP contribution in [0.5, 0.6) is 5.75 Å². The van der Waals surface area contributed by atoms with Gasteiger partial charge in [0.15, 0.2) is 0 Å². The van der Waals surface area contributed by atoms with Crippen molar-refractivity contribution in [1.82, 2.24) is 19.7 Å². The molecule has 158 valence electrons. The maximum atomic E-state index is 13.5. The normalized spacial score (nSPS) is 11.1. The maximum Gasteiger partial charge on any atom is 0.130 e. The molecule has 5 nitrogen and oxygen atoms in total. The van der Waals surface area contributed by atoms with Crippen molar-refractivity contribution in [3.63, 3.8) is 0 Å². The van der Waals surface area contributed by atoms with Gasteiger partial charge in [0.05, 0.1) is 11.2 Å². The molecular weight excluding hydrogens is 402 g/mol. The Bertz CT molecular complexity index is 1360. The number of hydrogen-bond acceptors (Lipinski definition) is 4. The van der Waals surface area contributed by atoms with Crippen molar-refractivity contribution < 1.29 is 9.13 Å². The highest BCUT2D eigenvalue weighted by atomic mass is 18.2. The van der Waals surface area contributed by atoms with Crippen molar-refractivity contribution in [2.45, 2.75) is 13.3 Å². The number of ether oxygens (including phenoxy) is 1. The Morgan fingerprint density at radius 3 is 2.50 bits per heavy atom. The number of hydrogen-bond donors (Lipinski definition) is 0. The number of fused-ring (bicyclic) bond motifs is 1. The van der Waals surface area contributed by atoms with Gasteiger partial charge in [0.1, 0.15) is 24.7 Å². The molecule has 0 atom stereocenters. The second-order valence-electron chi connectivity index (χ2n) is 7.54. The minimum Gasteiger partial charge on any atom is -0.487 e. The quantitative estimate of drug-likeness (QED) is 0.349. The number of aromatic nitrogens is 4. The van der Waals surface area contributed by atoms with Gasteiger partial charge in [0.25, 0.3) is 0 Å². The topological polar surface area (TPSA) is 52.8 Å². The third-order valence-electron chi connectivity index (χ3n) is 5.33. The fourth-order valence-corrected chi connectivity index (χ4v) is 3.80. The number of alkyl halides is 1. The number of para-hydroxylation sites is 1. The van der Waals surface area contributed by atoms with E-state index in [1.807, 2.05) is 78.6 Å². The lowest BCUT2D eigenvalue weighted by Gasteiger charge is -2.10. The third kappa shape index (κ3) is 3.95. The molecule has 3 aromatic heterocycles. The zero-order valence-corrected chi connectivity index (χ0v) is 17.6. The Hall–Kier alpha value is -4.06. The van der Waals surface area contributed by atoms with Gasteiger partial charge in [0, 0.05) is 42.2 Å². The first-order chi connectivity index (χ1) is 15.7. The van der Waals surface area contributed by atoms with Crippen molar-refractivity contribution in [2.75, 3.05) is 0 Å². The van der Waals surface area contributed by atoms with Crippen LogP contribution in [0.4, 0.5) is 4.39 Å². The third-order valence-corrected chi connectivity index (χ3v) is 5.33. The first-order valence-electron chi connectivity index (χ1n) is 10.3. The van der Waals surface area contributed by atoms with Crippen LogP contribution in [0.15, 0.2) is 85.3 Å². The molecule has 0 N–H and O–H groups in total. The lowest BCUT2D eigenvalue weighted by molar-refractivity contribution is 0.301. The number of nitrogens with zero attached hydrogens (tertiary/aromatic N) is 4. The fraction of sp³-hybridized carbons (Fsp3) is 0.115. The van der Waals surface area contributed by atoms with Gasteiger partial charge in [-0.1, -0.05) is 18.2 Å². The predicted octanol–water partition coefficient (Wildman–Crippen LogP) is 5.75. The Kier molecular flexibility index (Phi) is 5.34. The van der Waals surface area contributed by atoms with E-state index in [1.165, 1.54) is 0 Å². The molecule has 5 rings (SSSR count). The average molecular weight is 423 g/mol. The lowest BCUT2D eigenvalue weighted by atomic mass is 10.0. The SMILES string of the molecule is Cn1cc(-c2ccncc2)c(-c2ccc(OCc3cc(C[18F])c4ccccc4n3)cc2)n1. The molecule has 0 fully saturated rings. The van der Waals surface area contributed by atoms with Crippen LogP contribution < -0.4 is 4.74 Å². The summed E-state index contributed by atoms with van der Waals surface area (Å²) in [4.78, 5) is 8.70. The van der Waals surface area contributed by atoms with Gasteiger partial charge in [-0.25, -0.2) is 9.37 Å². The fourth-order valence-electron chi connectivity index (χ4n) is 3.80. The zero-order valence-electron chi connectivity index (χ0n) is 17.6. The van der Waals surface area contributed by atoms with Gasteiger partial charge in [-0.3, -0.25) is 9.67 Å². The summed E-state index contributed by atoms with van der Waals surface area (Å²) in [5.74, 6) is 0.715. The molecule has 5 aromatic rings. The minimum absolute atomic E-state index is 0.267. The van der Waals surface area contributed by atoms with Gasteiger partial charge in [0.2, 0.25) is 0 Å². The predicted molar refractivity (Wildman–Crippen MR) is 123 cm³/mol. The molecule has 0 saturated carbocycles. The standard InChI is InChI=1S/C26H21FN4O/c1-31-16-24(18-10-12-28-13-11-18)26(30-31)19-6-8-22(9-7-19)32-17-21-14-20(15-27)23-4-2-3-5-25(23)29-21/h2-14,16H,15,17H2,1H3/i27-1. The highest BCUT2D eigenvalue weighted by molar-refractivity contribution is 5.82. The van der Waals surface area contributed by atoms with Crippen LogP contribution in [0, 0.1) is 0 Å². The number of pyridine rings is 2. The van der Waals surface area contributed by atoms with E-state index in [0.717, 1.165) is 33.3 Å². The van der Waals surface area contributed by atoms with Crippen LogP contribution >= 0.6 is 0 Å². The minimum atomic E-state index is -0.533. The van der Waals surface area contributed by atoms with Crippen molar-refractivity contribution >= 4 is 10.9 Å². The van der Waals surface area contributed by atoms with Gasteiger partial charge >= 0.3 is 0 Å². The second-order valence-corrected chi connectivity index (χ2v) is 7.54. The second kappa shape index (κ2) is 8.59. The Labute approximate surface area is 185 Å². The smallest absolute Gasteiger partial charge is 0.130 e. The lowest BCUT2D eigenvalue weighted by Crippen LogP contribution is -2.00. The van der Waals surface area contributed by atoms with Crippen LogP contribution in [-0.4, -0.2) is 19.7 Å². The summed E-state index contributed by atoms with van der Waals surface area (Å²) >= 11 is 0. The number of aryl methyl sites for hydroxylation is 1.